The number of nitrogens with one attached hydrogen (secondary N) is 2. The highest BCUT2D eigenvalue weighted by Gasteiger charge is 2.22. The molecule has 1 aromatic heterocycles. The van der Waals surface area contributed by atoms with Crippen molar-refractivity contribution in [1.82, 2.24) is 10.3 Å². The van der Waals surface area contributed by atoms with Crippen LogP contribution < -0.4 is 10.1 Å². The maximum Gasteiger partial charge on any atom is 0.307 e. The van der Waals surface area contributed by atoms with Gasteiger partial charge in [-0.3, -0.25) is 9.59 Å². The van der Waals surface area contributed by atoms with E-state index in [9.17, 15) is 19.1 Å². The second kappa shape index (κ2) is 7.72. The normalized spacial score (nSPS) is 11.0. The highest BCUT2D eigenvalue weighted by atomic mass is 19.1. The molecule has 3 N–H and O–H groups in total. The fourth-order valence-corrected chi connectivity index (χ4v) is 3.13. The lowest BCUT2D eigenvalue weighted by atomic mass is 10.0. The summed E-state index contributed by atoms with van der Waals surface area (Å²) < 4.78 is 19.1. The molecule has 0 unspecified atom stereocenters. The third-order valence-electron chi connectivity index (χ3n) is 4.27. The Morgan fingerprint density at radius 2 is 1.89 bits per heavy atom. The van der Waals surface area contributed by atoms with Crippen molar-refractivity contribution in [2.75, 3.05) is 7.05 Å². The largest absolute Gasteiger partial charge is 0.491 e. The van der Waals surface area contributed by atoms with Crippen LogP contribution in [0.4, 0.5) is 4.39 Å². The van der Waals surface area contributed by atoms with Crippen LogP contribution in [-0.4, -0.2) is 35.1 Å². The SMILES string of the molecule is CNC(=O)c1c(-c2ccc(F)cc2)[nH]c2cc(CC(=O)O)c(OC(C)C)cc12. The smallest absolute Gasteiger partial charge is 0.307 e. The number of hydrogen-bond acceptors (Lipinski definition) is 3. The second-order valence-electron chi connectivity index (χ2n) is 6.70. The van der Waals surface area contributed by atoms with Crippen molar-refractivity contribution in [1.29, 1.82) is 0 Å². The topological polar surface area (TPSA) is 91.4 Å². The highest BCUT2D eigenvalue weighted by molar-refractivity contribution is 6.12. The summed E-state index contributed by atoms with van der Waals surface area (Å²) in [5.41, 5.74) is 2.66. The molecule has 0 aliphatic carbocycles. The number of fused-ring (bicyclic) bond motifs is 1. The molecule has 28 heavy (non-hydrogen) atoms. The number of benzene rings is 2. The first kappa shape index (κ1) is 19.4. The molecule has 146 valence electrons. The molecule has 6 nitrogen and oxygen atoms in total. The van der Waals surface area contributed by atoms with Crippen molar-refractivity contribution in [3.8, 4) is 17.0 Å². The van der Waals surface area contributed by atoms with E-state index in [0.717, 1.165) is 0 Å². The predicted octanol–water partition coefficient (Wildman–Crippen LogP) is 3.75. The van der Waals surface area contributed by atoms with Gasteiger partial charge >= 0.3 is 5.97 Å². The van der Waals surface area contributed by atoms with Gasteiger partial charge in [-0.05, 0) is 55.8 Å². The van der Waals surface area contributed by atoms with Gasteiger partial charge in [0.15, 0.2) is 0 Å². The molecule has 0 aliphatic rings. The predicted molar refractivity (Wildman–Crippen MR) is 104 cm³/mol. The number of aromatic amines is 1. The highest BCUT2D eigenvalue weighted by Crippen LogP contribution is 2.35. The van der Waals surface area contributed by atoms with Crippen LogP contribution in [-0.2, 0) is 11.2 Å². The van der Waals surface area contributed by atoms with Crippen LogP contribution in [0.1, 0.15) is 29.8 Å². The Labute approximate surface area is 161 Å². The van der Waals surface area contributed by atoms with Gasteiger partial charge in [-0.15, -0.1) is 0 Å². The van der Waals surface area contributed by atoms with Crippen molar-refractivity contribution in [3.05, 3.63) is 53.3 Å². The molecule has 1 heterocycles. The fourth-order valence-electron chi connectivity index (χ4n) is 3.13. The number of carbonyl (C=O) groups is 2. The molecule has 0 radical (unpaired) electrons. The first-order valence-corrected chi connectivity index (χ1v) is 8.85. The average Bonchev–Trinajstić information content (AvgIpc) is 2.99. The molecule has 0 saturated carbocycles. The molecule has 2 aromatic carbocycles. The standard InChI is InChI=1S/C21H21FN2O4/c1-11(2)28-17-10-15-16(8-13(17)9-18(25)26)24-20(19(15)21(27)23-3)12-4-6-14(22)7-5-12/h4-8,10-11,24H,9H2,1-3H3,(H,23,27)(H,25,26). The number of aliphatic carboxylic acids is 1. The number of hydrogen-bond donors (Lipinski definition) is 3. The van der Waals surface area contributed by atoms with Crippen LogP contribution in [0.15, 0.2) is 36.4 Å². The van der Waals surface area contributed by atoms with Gasteiger partial charge in [0, 0.05) is 23.5 Å². The van der Waals surface area contributed by atoms with Crippen LogP contribution in [0.2, 0.25) is 0 Å². The van der Waals surface area contributed by atoms with E-state index in [2.05, 4.69) is 10.3 Å². The van der Waals surface area contributed by atoms with Gasteiger partial charge in [-0.25, -0.2) is 4.39 Å². The summed E-state index contributed by atoms with van der Waals surface area (Å²) in [6, 6.07) is 9.16. The molecular formula is C21H21FN2O4. The molecule has 3 rings (SSSR count). The Bertz CT molecular complexity index is 1040. The molecule has 0 atom stereocenters. The van der Waals surface area contributed by atoms with Crippen molar-refractivity contribution in [3.63, 3.8) is 0 Å². The quantitative estimate of drug-likeness (QED) is 0.604. The summed E-state index contributed by atoms with van der Waals surface area (Å²) in [5, 5.41) is 12.4. The number of carboxylic acids is 1. The summed E-state index contributed by atoms with van der Waals surface area (Å²) in [5.74, 6) is -1.26. The van der Waals surface area contributed by atoms with Crippen molar-refractivity contribution >= 4 is 22.8 Å². The van der Waals surface area contributed by atoms with Crippen LogP contribution in [0, 0.1) is 5.82 Å². The molecule has 3 aromatic rings. The summed E-state index contributed by atoms with van der Waals surface area (Å²) in [6.45, 7) is 3.69. The lowest BCUT2D eigenvalue weighted by Gasteiger charge is -2.14. The summed E-state index contributed by atoms with van der Waals surface area (Å²) in [6.07, 6.45) is -0.373. The first-order valence-electron chi connectivity index (χ1n) is 8.85. The van der Waals surface area contributed by atoms with Gasteiger partial charge in [-0.1, -0.05) is 0 Å². The number of H-pyrrole nitrogens is 1. The Morgan fingerprint density at radius 1 is 1.21 bits per heavy atom. The Hall–Kier alpha value is -3.35. The zero-order chi connectivity index (χ0) is 20.4. The number of halogens is 1. The Morgan fingerprint density at radius 3 is 2.46 bits per heavy atom. The number of ether oxygens (including phenoxy) is 1. The molecule has 0 saturated heterocycles. The van der Waals surface area contributed by atoms with Gasteiger partial charge in [0.1, 0.15) is 11.6 Å². The van der Waals surface area contributed by atoms with Crippen molar-refractivity contribution < 1.29 is 23.8 Å². The minimum atomic E-state index is -0.982. The third kappa shape index (κ3) is 3.83. The number of carboxylic acid groups (broad SMARTS) is 1. The van der Waals surface area contributed by atoms with E-state index in [1.165, 1.54) is 19.2 Å². The van der Waals surface area contributed by atoms with Gasteiger partial charge in [0.05, 0.1) is 23.8 Å². The second-order valence-corrected chi connectivity index (χ2v) is 6.70. The van der Waals surface area contributed by atoms with Crippen LogP contribution in [0.3, 0.4) is 0 Å². The van der Waals surface area contributed by atoms with Crippen molar-refractivity contribution in [2.24, 2.45) is 0 Å². The molecule has 0 aliphatic heterocycles. The van der Waals surface area contributed by atoms with E-state index in [1.807, 2.05) is 13.8 Å². The number of carbonyl (C=O) groups excluding carboxylic acids is 1. The summed E-state index contributed by atoms with van der Waals surface area (Å²) >= 11 is 0. The molecule has 0 fully saturated rings. The van der Waals surface area contributed by atoms with E-state index in [1.54, 1.807) is 24.3 Å². The summed E-state index contributed by atoms with van der Waals surface area (Å²) in [7, 11) is 1.53. The lowest BCUT2D eigenvalue weighted by Crippen LogP contribution is -2.18. The average molecular weight is 384 g/mol. The monoisotopic (exact) mass is 384 g/mol. The number of aromatic nitrogens is 1. The first-order chi connectivity index (χ1) is 13.3. The van der Waals surface area contributed by atoms with Crippen molar-refractivity contribution in [2.45, 2.75) is 26.4 Å². The maximum atomic E-state index is 13.3. The minimum absolute atomic E-state index is 0.163. The van der Waals surface area contributed by atoms with E-state index in [-0.39, 0.29) is 24.2 Å². The van der Waals surface area contributed by atoms with E-state index < -0.39 is 5.97 Å². The summed E-state index contributed by atoms with van der Waals surface area (Å²) in [4.78, 5) is 27.0. The minimum Gasteiger partial charge on any atom is -0.491 e. The molecule has 1 amide bonds. The maximum absolute atomic E-state index is 13.3. The molecular weight excluding hydrogens is 363 g/mol. The Balaban J connectivity index is 2.28. The van der Waals surface area contributed by atoms with Crippen LogP contribution >= 0.6 is 0 Å². The third-order valence-corrected chi connectivity index (χ3v) is 4.27. The van der Waals surface area contributed by atoms with Crippen LogP contribution in [0.5, 0.6) is 5.75 Å². The Kier molecular flexibility index (Phi) is 5.35. The molecule has 7 heteroatoms. The van der Waals surface area contributed by atoms with E-state index in [4.69, 9.17) is 4.74 Å². The zero-order valence-corrected chi connectivity index (χ0v) is 15.8. The van der Waals surface area contributed by atoms with Crippen LogP contribution in [0.25, 0.3) is 22.2 Å². The van der Waals surface area contributed by atoms with Gasteiger partial charge in [0.25, 0.3) is 5.91 Å². The number of rotatable bonds is 6. The lowest BCUT2D eigenvalue weighted by molar-refractivity contribution is -0.136. The zero-order valence-electron chi connectivity index (χ0n) is 15.8. The number of amides is 1. The van der Waals surface area contributed by atoms with E-state index in [0.29, 0.717) is 39.0 Å². The van der Waals surface area contributed by atoms with Gasteiger partial charge in [0.2, 0.25) is 0 Å². The van der Waals surface area contributed by atoms with Gasteiger partial charge < -0.3 is 20.1 Å². The van der Waals surface area contributed by atoms with Gasteiger partial charge in [-0.2, -0.15) is 0 Å². The van der Waals surface area contributed by atoms with E-state index >= 15 is 0 Å². The fraction of sp³-hybridized carbons (Fsp3) is 0.238. The molecule has 0 bridgehead atoms. The molecule has 0 spiro atoms.